The highest BCUT2D eigenvalue weighted by molar-refractivity contribution is 6.36. The number of amides is 2. The Labute approximate surface area is 189 Å². The summed E-state index contributed by atoms with van der Waals surface area (Å²) in [7, 11) is 1.72. The molecular formula is C21H20Cl2N6O2. The molecule has 1 aliphatic heterocycles. The van der Waals surface area contributed by atoms with E-state index < -0.39 is 0 Å². The number of halogens is 2. The molecule has 2 amide bonds. The van der Waals surface area contributed by atoms with Gasteiger partial charge >= 0.3 is 0 Å². The average Bonchev–Trinajstić information content (AvgIpc) is 3.24. The monoisotopic (exact) mass is 458 g/mol. The van der Waals surface area contributed by atoms with Crippen molar-refractivity contribution in [1.29, 1.82) is 0 Å². The number of nitrogens with two attached hydrogens (primary N) is 1. The Bertz CT molecular complexity index is 1210. The number of carbonyl (C=O) groups excluding carboxylic acids is 2. The number of aromatic nitrogens is 3. The molecule has 0 saturated carbocycles. The van der Waals surface area contributed by atoms with E-state index in [4.69, 9.17) is 28.9 Å². The number of anilines is 1. The summed E-state index contributed by atoms with van der Waals surface area (Å²) in [4.78, 5) is 31.9. The van der Waals surface area contributed by atoms with Crippen molar-refractivity contribution in [3.05, 3.63) is 63.0 Å². The third kappa shape index (κ3) is 3.89. The molecule has 31 heavy (non-hydrogen) atoms. The molecule has 10 heteroatoms. The van der Waals surface area contributed by atoms with E-state index in [1.54, 1.807) is 37.5 Å². The van der Waals surface area contributed by atoms with Crippen LogP contribution in [0.5, 0.6) is 0 Å². The molecule has 0 spiro atoms. The number of aryl methyl sites for hydroxylation is 2. The molecule has 4 rings (SSSR count). The number of nitrogens with one attached hydrogen (secondary N) is 1. The SMILES string of the molecule is Cc1nc2c(c(-c3ccc(Cl)cc3Cl)c1CN)C(=O)N(CC(=O)Nc1ccnn1C)C2. The van der Waals surface area contributed by atoms with Gasteiger partial charge < -0.3 is 16.0 Å². The smallest absolute Gasteiger partial charge is 0.257 e. The molecule has 0 atom stereocenters. The summed E-state index contributed by atoms with van der Waals surface area (Å²) in [5, 5.41) is 7.67. The van der Waals surface area contributed by atoms with Crippen LogP contribution in [0.15, 0.2) is 30.5 Å². The minimum absolute atomic E-state index is 0.120. The molecule has 1 aliphatic rings. The lowest BCUT2D eigenvalue weighted by Gasteiger charge is -2.17. The lowest BCUT2D eigenvalue weighted by atomic mass is 9.93. The third-order valence-corrected chi connectivity index (χ3v) is 5.80. The molecular weight excluding hydrogens is 439 g/mol. The van der Waals surface area contributed by atoms with E-state index >= 15 is 0 Å². The van der Waals surface area contributed by atoms with E-state index in [-0.39, 0.29) is 31.4 Å². The van der Waals surface area contributed by atoms with Crippen molar-refractivity contribution in [3.63, 3.8) is 0 Å². The number of fused-ring (bicyclic) bond motifs is 1. The fraction of sp³-hybridized carbons (Fsp3) is 0.238. The lowest BCUT2D eigenvalue weighted by Crippen LogP contribution is -2.34. The van der Waals surface area contributed by atoms with Gasteiger partial charge in [0.05, 0.1) is 24.0 Å². The minimum atomic E-state index is -0.327. The molecule has 0 aliphatic carbocycles. The van der Waals surface area contributed by atoms with Gasteiger partial charge in [0.2, 0.25) is 5.91 Å². The molecule has 0 fully saturated rings. The summed E-state index contributed by atoms with van der Waals surface area (Å²) >= 11 is 12.5. The third-order valence-electron chi connectivity index (χ3n) is 5.25. The molecule has 0 bridgehead atoms. The number of nitrogens with zero attached hydrogens (tertiary/aromatic N) is 4. The predicted molar refractivity (Wildman–Crippen MR) is 119 cm³/mol. The van der Waals surface area contributed by atoms with Crippen LogP contribution in [0.3, 0.4) is 0 Å². The molecule has 3 N–H and O–H groups in total. The Morgan fingerprint density at radius 1 is 1.26 bits per heavy atom. The van der Waals surface area contributed by atoms with Crippen LogP contribution >= 0.6 is 23.2 Å². The first-order chi connectivity index (χ1) is 14.8. The molecule has 3 aromatic rings. The largest absolute Gasteiger partial charge is 0.326 e. The second-order valence-corrected chi connectivity index (χ2v) is 8.09. The van der Waals surface area contributed by atoms with Crippen LogP contribution < -0.4 is 11.1 Å². The van der Waals surface area contributed by atoms with Gasteiger partial charge in [-0.2, -0.15) is 5.10 Å². The van der Waals surface area contributed by atoms with Crippen molar-refractivity contribution < 1.29 is 9.59 Å². The van der Waals surface area contributed by atoms with Crippen molar-refractivity contribution in [1.82, 2.24) is 19.7 Å². The normalized spacial score (nSPS) is 12.9. The first-order valence-corrected chi connectivity index (χ1v) is 10.3. The first kappa shape index (κ1) is 21.3. The van der Waals surface area contributed by atoms with E-state index in [2.05, 4.69) is 15.4 Å². The van der Waals surface area contributed by atoms with Crippen molar-refractivity contribution in [2.45, 2.75) is 20.0 Å². The van der Waals surface area contributed by atoms with Gasteiger partial charge in [-0.25, -0.2) is 0 Å². The fourth-order valence-electron chi connectivity index (χ4n) is 3.78. The summed E-state index contributed by atoms with van der Waals surface area (Å²) in [6.45, 7) is 2.13. The van der Waals surface area contributed by atoms with Crippen LogP contribution in [0.4, 0.5) is 5.82 Å². The van der Waals surface area contributed by atoms with Crippen molar-refractivity contribution in [3.8, 4) is 11.1 Å². The molecule has 8 nitrogen and oxygen atoms in total. The van der Waals surface area contributed by atoms with Gasteiger partial charge in [-0.3, -0.25) is 19.3 Å². The zero-order valence-electron chi connectivity index (χ0n) is 16.9. The maximum Gasteiger partial charge on any atom is 0.257 e. The zero-order chi connectivity index (χ0) is 22.3. The van der Waals surface area contributed by atoms with Crippen LogP contribution in [0.1, 0.15) is 27.3 Å². The van der Waals surface area contributed by atoms with Crippen molar-refractivity contribution >= 4 is 40.8 Å². The summed E-state index contributed by atoms with van der Waals surface area (Å²) in [6.07, 6.45) is 1.58. The highest BCUT2D eigenvalue weighted by Gasteiger charge is 2.35. The van der Waals surface area contributed by atoms with Crippen LogP contribution in [0, 0.1) is 6.92 Å². The number of rotatable bonds is 5. The number of hydrogen-bond donors (Lipinski definition) is 2. The van der Waals surface area contributed by atoms with E-state index in [0.29, 0.717) is 38.2 Å². The topological polar surface area (TPSA) is 106 Å². The summed E-state index contributed by atoms with van der Waals surface area (Å²) < 4.78 is 1.54. The Hall–Kier alpha value is -2.94. The van der Waals surface area contributed by atoms with Gasteiger partial charge in [0.1, 0.15) is 12.4 Å². The Kier molecular flexibility index (Phi) is 5.70. The molecule has 0 unspecified atom stereocenters. The Morgan fingerprint density at radius 3 is 2.68 bits per heavy atom. The zero-order valence-corrected chi connectivity index (χ0v) is 18.5. The number of pyridine rings is 1. The van der Waals surface area contributed by atoms with Crippen molar-refractivity contribution in [2.24, 2.45) is 12.8 Å². The molecule has 160 valence electrons. The van der Waals surface area contributed by atoms with Crippen molar-refractivity contribution in [2.75, 3.05) is 11.9 Å². The van der Waals surface area contributed by atoms with E-state index in [1.165, 1.54) is 9.58 Å². The van der Waals surface area contributed by atoms with Gasteiger partial charge in [0.25, 0.3) is 5.91 Å². The summed E-state index contributed by atoms with van der Waals surface area (Å²) in [5.74, 6) is -0.0767. The van der Waals surface area contributed by atoms with E-state index in [0.717, 1.165) is 11.3 Å². The highest BCUT2D eigenvalue weighted by Crippen LogP contribution is 2.39. The standard InChI is InChI=1S/C21H20Cl2N6O2/c1-11-14(8-24)19(13-4-3-12(22)7-15(13)23)20-16(26-11)9-29(21(20)31)10-18(30)27-17-5-6-25-28(17)2/h3-7H,8-10,24H2,1-2H3,(H,27,30). The number of benzene rings is 1. The molecule has 0 radical (unpaired) electrons. The van der Waals surface area contributed by atoms with Gasteiger partial charge in [0, 0.05) is 46.5 Å². The van der Waals surface area contributed by atoms with Gasteiger partial charge in [-0.15, -0.1) is 0 Å². The Balaban J connectivity index is 1.70. The van der Waals surface area contributed by atoms with Gasteiger partial charge in [-0.05, 0) is 24.6 Å². The summed E-state index contributed by atoms with van der Waals surface area (Å²) in [5.41, 5.74) is 9.77. The second kappa shape index (κ2) is 8.30. The predicted octanol–water partition coefficient (Wildman–Crippen LogP) is 3.15. The second-order valence-electron chi connectivity index (χ2n) is 7.25. The van der Waals surface area contributed by atoms with Crippen LogP contribution in [0.2, 0.25) is 10.0 Å². The maximum absolute atomic E-state index is 13.3. The Morgan fingerprint density at radius 2 is 2.03 bits per heavy atom. The minimum Gasteiger partial charge on any atom is -0.326 e. The van der Waals surface area contributed by atoms with Crippen LogP contribution in [-0.4, -0.2) is 38.0 Å². The number of carbonyl (C=O) groups is 2. The maximum atomic E-state index is 13.3. The first-order valence-electron chi connectivity index (χ1n) is 9.55. The molecule has 3 heterocycles. The highest BCUT2D eigenvalue weighted by atomic mass is 35.5. The van der Waals surface area contributed by atoms with Crippen LogP contribution in [-0.2, 0) is 24.9 Å². The molecule has 1 aromatic carbocycles. The average molecular weight is 459 g/mol. The molecule has 2 aromatic heterocycles. The quantitative estimate of drug-likeness (QED) is 0.610. The number of hydrogen-bond acceptors (Lipinski definition) is 5. The van der Waals surface area contributed by atoms with E-state index in [1.807, 2.05) is 6.92 Å². The van der Waals surface area contributed by atoms with Gasteiger partial charge in [0.15, 0.2) is 0 Å². The summed E-state index contributed by atoms with van der Waals surface area (Å²) in [6, 6.07) is 6.78. The van der Waals surface area contributed by atoms with E-state index in [9.17, 15) is 9.59 Å². The lowest BCUT2D eigenvalue weighted by molar-refractivity contribution is -0.117. The fourth-order valence-corrected chi connectivity index (χ4v) is 4.28. The van der Waals surface area contributed by atoms with Crippen LogP contribution in [0.25, 0.3) is 11.1 Å². The van der Waals surface area contributed by atoms with Gasteiger partial charge in [-0.1, -0.05) is 29.3 Å². The molecule has 0 saturated heterocycles.